The van der Waals surface area contributed by atoms with Crippen LogP contribution >= 0.6 is 0 Å². The molecule has 0 unspecified atom stereocenters. The lowest BCUT2D eigenvalue weighted by Gasteiger charge is -2.27. The van der Waals surface area contributed by atoms with E-state index in [0.29, 0.717) is 56.3 Å². The van der Waals surface area contributed by atoms with Crippen molar-refractivity contribution in [2.45, 2.75) is 107 Å². The average molecular weight is 949 g/mol. The van der Waals surface area contributed by atoms with Gasteiger partial charge in [-0.2, -0.15) is 0 Å². The van der Waals surface area contributed by atoms with Crippen LogP contribution in [0.3, 0.4) is 0 Å². The van der Waals surface area contributed by atoms with E-state index in [9.17, 15) is 28.8 Å². The van der Waals surface area contributed by atoms with Crippen LogP contribution in [-0.4, -0.2) is 107 Å². The first kappa shape index (κ1) is 52.7. The van der Waals surface area contributed by atoms with Crippen molar-refractivity contribution in [1.82, 2.24) is 36.6 Å². The number of H-pyrrole nitrogens is 2. The molecule has 0 bridgehead atoms. The molecule has 3 aromatic carbocycles. The summed E-state index contributed by atoms with van der Waals surface area (Å²) in [6.07, 6.45) is 6.66. The Morgan fingerprint density at radius 2 is 0.928 bits per heavy atom. The van der Waals surface area contributed by atoms with Gasteiger partial charge in [0.1, 0.15) is 30.2 Å². The third kappa shape index (κ3) is 16.2. The van der Waals surface area contributed by atoms with Gasteiger partial charge in [-0.25, -0.2) is 0 Å². The fourth-order valence-corrected chi connectivity index (χ4v) is 8.07. The van der Waals surface area contributed by atoms with Gasteiger partial charge in [-0.05, 0) is 93.3 Å². The molecule has 20 nitrogen and oxygen atoms in total. The second-order valence-electron chi connectivity index (χ2n) is 17.1. The van der Waals surface area contributed by atoms with Gasteiger partial charge >= 0.3 is 0 Å². The normalized spacial score (nSPS) is 13.8. The molecule has 5 aromatic rings. The van der Waals surface area contributed by atoms with Gasteiger partial charge in [0.05, 0.1) is 6.04 Å². The molecule has 6 amide bonds. The maximum Gasteiger partial charge on any atom is 0.243 e. The summed E-state index contributed by atoms with van der Waals surface area (Å²) in [6, 6.07) is 17.2. The number of benzene rings is 3. The summed E-state index contributed by atoms with van der Waals surface area (Å²) < 4.78 is 0. The van der Waals surface area contributed by atoms with E-state index in [2.05, 4.69) is 41.5 Å². The average Bonchev–Trinajstić information content (AvgIpc) is 3.95. The minimum absolute atomic E-state index is 0.0198. The topological polar surface area (TPSA) is 363 Å². The summed E-state index contributed by atoms with van der Waals surface area (Å²) in [4.78, 5) is 94.1. The van der Waals surface area contributed by atoms with Gasteiger partial charge in [-0.3, -0.25) is 33.8 Å². The zero-order chi connectivity index (χ0) is 49.7. The number of guanidine groups is 1. The molecule has 0 aliphatic carbocycles. The Balaban J connectivity index is 1.40. The fraction of sp³-hybridized carbons (Fsp3) is 0.408. The molecule has 5 rings (SSSR count). The zero-order valence-corrected chi connectivity index (χ0v) is 38.9. The molecule has 2 heterocycles. The smallest absolute Gasteiger partial charge is 0.243 e. The third-order valence-electron chi connectivity index (χ3n) is 11.9. The van der Waals surface area contributed by atoms with Crippen molar-refractivity contribution in [3.8, 4) is 0 Å². The van der Waals surface area contributed by atoms with E-state index >= 15 is 0 Å². The third-order valence-corrected chi connectivity index (χ3v) is 11.9. The minimum Gasteiger partial charge on any atom is -0.370 e. The van der Waals surface area contributed by atoms with Crippen LogP contribution in [0.1, 0.15) is 68.1 Å². The van der Waals surface area contributed by atoms with Gasteiger partial charge in [0.25, 0.3) is 0 Å². The second kappa shape index (κ2) is 26.9. The predicted octanol–water partition coefficient (Wildman–Crippen LogP) is 0.225. The Hall–Kier alpha value is -7.29. The summed E-state index contributed by atoms with van der Waals surface area (Å²) in [5, 5.41) is 15.8. The lowest BCUT2D eigenvalue weighted by molar-refractivity contribution is -0.135. The number of fused-ring (bicyclic) bond motifs is 2. The number of para-hydroxylation sites is 2. The van der Waals surface area contributed by atoms with Crippen molar-refractivity contribution in [3.63, 3.8) is 0 Å². The Bertz CT molecular complexity index is 2500. The van der Waals surface area contributed by atoms with Crippen LogP contribution in [0.25, 0.3) is 21.8 Å². The van der Waals surface area contributed by atoms with E-state index in [4.69, 9.17) is 34.4 Å². The molecule has 19 N–H and O–H groups in total. The van der Waals surface area contributed by atoms with E-state index in [1.807, 2.05) is 54.6 Å². The van der Waals surface area contributed by atoms with E-state index in [-0.39, 0.29) is 51.0 Å². The first-order valence-electron chi connectivity index (χ1n) is 23.4. The van der Waals surface area contributed by atoms with Gasteiger partial charge in [-0.1, -0.05) is 66.7 Å². The summed E-state index contributed by atoms with van der Waals surface area (Å²) >= 11 is 0. The summed E-state index contributed by atoms with van der Waals surface area (Å²) in [7, 11) is 0. The largest absolute Gasteiger partial charge is 0.370 e. The monoisotopic (exact) mass is 949 g/mol. The van der Waals surface area contributed by atoms with Crippen molar-refractivity contribution >= 4 is 63.2 Å². The van der Waals surface area contributed by atoms with Crippen molar-refractivity contribution < 1.29 is 28.8 Å². The number of hydrogen-bond acceptors (Lipinski definition) is 10. The lowest BCUT2D eigenvalue weighted by Crippen LogP contribution is -2.60. The first-order chi connectivity index (χ1) is 33.3. The molecule has 20 heteroatoms. The van der Waals surface area contributed by atoms with Crippen LogP contribution in [0.5, 0.6) is 0 Å². The number of rotatable bonds is 29. The molecular formula is C49H68N14O6. The van der Waals surface area contributed by atoms with Crippen LogP contribution in [0, 0.1) is 0 Å². The van der Waals surface area contributed by atoms with Crippen molar-refractivity contribution in [2.75, 3.05) is 19.6 Å². The van der Waals surface area contributed by atoms with Crippen molar-refractivity contribution in [1.29, 1.82) is 0 Å². The zero-order valence-electron chi connectivity index (χ0n) is 38.9. The Morgan fingerprint density at radius 3 is 1.43 bits per heavy atom. The molecule has 0 fully saturated rings. The Morgan fingerprint density at radius 1 is 0.493 bits per heavy atom. The SMILES string of the molecule is NCCCC[C@H](NC(=O)[C@H](CCCCN)NC(=O)[C@@H](N)CCCN=C(N)N)C(=O)N[C@@H](Cc1c[nH]c2ccccc12)C(=O)N[C@@H](Cc1ccccc1)C(=O)N[C@@H](Cc1c[nH]c2ccccc12)C(N)=O. The van der Waals surface area contributed by atoms with E-state index in [1.54, 1.807) is 36.7 Å². The lowest BCUT2D eigenvalue weighted by atomic mass is 10.00. The van der Waals surface area contributed by atoms with Crippen LogP contribution in [0.2, 0.25) is 0 Å². The standard InChI is InChI=1S/C49H68N14O6/c50-22-10-8-20-38(59-44(65)35(52)17-12-24-56-49(54)55)45(66)60-39(21-9-11-23-51)46(67)63-42(27-32-29-58-37-19-7-5-16-34(32)37)48(69)62-41(25-30-13-2-1-3-14-30)47(68)61-40(43(53)64)26-31-28-57-36-18-6-4-15-33(31)36/h1-7,13-16,18-19,28-29,35,38-42,57-58H,8-12,17,20-27,50-52H2,(H2,53,64)(H,59,65)(H,60,66)(H,61,68)(H,62,69)(H,63,67)(H4,54,55,56)/t35-,38-,39-,40-,41-,42-/m0/s1. The number of nitrogens with one attached hydrogen (secondary N) is 7. The highest BCUT2D eigenvalue weighted by atomic mass is 16.2. The molecule has 0 radical (unpaired) electrons. The molecule has 6 atom stereocenters. The number of aromatic nitrogens is 2. The highest BCUT2D eigenvalue weighted by Crippen LogP contribution is 2.21. The fourth-order valence-electron chi connectivity index (χ4n) is 8.07. The number of unbranched alkanes of at least 4 members (excludes halogenated alkanes) is 2. The molecule has 0 spiro atoms. The van der Waals surface area contributed by atoms with Crippen molar-refractivity contribution in [2.24, 2.45) is 39.4 Å². The molecule has 69 heavy (non-hydrogen) atoms. The quantitative estimate of drug-likeness (QED) is 0.0175. The molecule has 0 aliphatic rings. The molecule has 0 aliphatic heterocycles. The van der Waals surface area contributed by atoms with E-state index < -0.39 is 71.7 Å². The highest BCUT2D eigenvalue weighted by Gasteiger charge is 2.33. The molecule has 370 valence electrons. The highest BCUT2D eigenvalue weighted by molar-refractivity contribution is 5.97. The summed E-state index contributed by atoms with van der Waals surface area (Å²) in [5.41, 5.74) is 38.3. The Labute approximate surface area is 401 Å². The maximum atomic E-state index is 14.7. The van der Waals surface area contributed by atoms with Gasteiger partial charge in [0.2, 0.25) is 35.4 Å². The number of aliphatic imine (C=N–C) groups is 1. The van der Waals surface area contributed by atoms with Gasteiger partial charge in [0.15, 0.2) is 5.96 Å². The van der Waals surface area contributed by atoms with Gasteiger partial charge in [0, 0.05) is 60.0 Å². The number of carbonyl (C=O) groups excluding carboxylic acids is 6. The molecular weight excluding hydrogens is 881 g/mol. The maximum absolute atomic E-state index is 14.7. The number of primary amides is 1. The minimum atomic E-state index is -1.29. The van der Waals surface area contributed by atoms with Crippen LogP contribution in [0.4, 0.5) is 0 Å². The van der Waals surface area contributed by atoms with Crippen LogP contribution in [-0.2, 0) is 48.0 Å². The number of aromatic amines is 2. The van der Waals surface area contributed by atoms with E-state index in [1.165, 1.54) is 0 Å². The Kier molecular flexibility index (Phi) is 20.5. The number of carbonyl (C=O) groups is 6. The number of hydrogen-bond donors (Lipinski definition) is 13. The number of nitrogens with zero attached hydrogens (tertiary/aromatic N) is 1. The predicted molar refractivity (Wildman–Crippen MR) is 267 cm³/mol. The first-order valence-corrected chi connectivity index (χ1v) is 23.4. The van der Waals surface area contributed by atoms with Gasteiger partial charge < -0.3 is 71.0 Å². The summed E-state index contributed by atoms with van der Waals surface area (Å²) in [5.74, 6) is -4.10. The van der Waals surface area contributed by atoms with Crippen molar-refractivity contribution in [3.05, 3.63) is 108 Å². The number of amides is 6. The molecule has 0 saturated heterocycles. The molecule has 2 aromatic heterocycles. The second-order valence-corrected chi connectivity index (χ2v) is 17.1. The number of nitrogens with two attached hydrogens (primary N) is 6. The molecule has 0 saturated carbocycles. The van der Waals surface area contributed by atoms with E-state index in [0.717, 1.165) is 27.4 Å². The summed E-state index contributed by atoms with van der Waals surface area (Å²) in [6.45, 7) is 0.961. The van der Waals surface area contributed by atoms with Crippen LogP contribution < -0.4 is 61.0 Å². The van der Waals surface area contributed by atoms with Crippen LogP contribution in [0.15, 0.2) is 96.2 Å². The van der Waals surface area contributed by atoms with Gasteiger partial charge in [-0.15, -0.1) is 0 Å².